The number of amides is 1. The number of piperidine rings is 1. The molecule has 6 nitrogen and oxygen atoms in total. The monoisotopic (exact) mass is 326 g/mol. The van der Waals surface area contributed by atoms with Crippen molar-refractivity contribution >= 4 is 17.5 Å². The second-order valence-corrected chi connectivity index (χ2v) is 5.73. The van der Waals surface area contributed by atoms with Gasteiger partial charge in [-0.05, 0) is 50.5 Å². The minimum Gasteiger partial charge on any atom is -0.494 e. The molecule has 1 aromatic carbocycles. The molecule has 0 spiro atoms. The Hall–Kier alpha value is -2.63. The van der Waals surface area contributed by atoms with Crippen LogP contribution in [-0.4, -0.2) is 35.6 Å². The average Bonchev–Trinajstić information content (AvgIpc) is 2.64. The van der Waals surface area contributed by atoms with Crippen molar-refractivity contribution in [1.29, 1.82) is 0 Å². The van der Waals surface area contributed by atoms with Crippen LogP contribution in [-0.2, 0) is 0 Å². The topological polar surface area (TPSA) is 67.3 Å². The zero-order valence-corrected chi connectivity index (χ0v) is 13.9. The van der Waals surface area contributed by atoms with Gasteiger partial charge in [0.05, 0.1) is 24.7 Å². The highest BCUT2D eigenvalue weighted by Crippen LogP contribution is 2.17. The van der Waals surface area contributed by atoms with E-state index in [1.807, 2.05) is 6.92 Å². The number of benzene rings is 1. The molecule has 3 rings (SSSR count). The van der Waals surface area contributed by atoms with Crippen LogP contribution in [0.5, 0.6) is 5.75 Å². The Balaban J connectivity index is 1.61. The third-order valence-electron chi connectivity index (χ3n) is 3.96. The maximum atomic E-state index is 12.3. The minimum atomic E-state index is -0.188. The molecule has 0 bridgehead atoms. The number of hydrogen-bond donors (Lipinski definition) is 1. The Kier molecular flexibility index (Phi) is 5.25. The molecule has 24 heavy (non-hydrogen) atoms. The smallest absolute Gasteiger partial charge is 0.255 e. The highest BCUT2D eigenvalue weighted by molar-refractivity contribution is 6.04. The lowest BCUT2D eigenvalue weighted by Crippen LogP contribution is -2.30. The summed E-state index contributed by atoms with van der Waals surface area (Å²) >= 11 is 0. The van der Waals surface area contributed by atoms with Gasteiger partial charge in [-0.1, -0.05) is 0 Å². The van der Waals surface area contributed by atoms with E-state index in [0.717, 1.165) is 24.8 Å². The van der Waals surface area contributed by atoms with Gasteiger partial charge < -0.3 is 15.0 Å². The highest BCUT2D eigenvalue weighted by atomic mass is 16.5. The van der Waals surface area contributed by atoms with Crippen LogP contribution >= 0.6 is 0 Å². The Morgan fingerprint density at radius 3 is 2.42 bits per heavy atom. The molecule has 0 atom stereocenters. The van der Waals surface area contributed by atoms with E-state index in [1.165, 1.54) is 19.3 Å². The van der Waals surface area contributed by atoms with Gasteiger partial charge >= 0.3 is 0 Å². The number of nitrogens with zero attached hydrogens (tertiary/aromatic N) is 3. The number of ether oxygens (including phenoxy) is 1. The van der Waals surface area contributed by atoms with Gasteiger partial charge in [0.15, 0.2) is 0 Å². The van der Waals surface area contributed by atoms with E-state index in [4.69, 9.17) is 4.74 Å². The van der Waals surface area contributed by atoms with Gasteiger partial charge in [0.1, 0.15) is 5.75 Å². The quantitative estimate of drug-likeness (QED) is 0.914. The van der Waals surface area contributed by atoms with Gasteiger partial charge in [-0.3, -0.25) is 4.79 Å². The number of aromatic nitrogens is 2. The van der Waals surface area contributed by atoms with Crippen molar-refractivity contribution in [3.63, 3.8) is 0 Å². The maximum Gasteiger partial charge on any atom is 0.255 e. The molecule has 2 heterocycles. The third-order valence-corrected chi connectivity index (χ3v) is 3.96. The number of rotatable bonds is 5. The van der Waals surface area contributed by atoms with Crippen molar-refractivity contribution in [2.75, 3.05) is 29.9 Å². The molecule has 0 aliphatic carbocycles. The summed E-state index contributed by atoms with van der Waals surface area (Å²) in [6.07, 6.45) is 6.94. The normalized spacial score (nSPS) is 14.3. The van der Waals surface area contributed by atoms with Gasteiger partial charge in [-0.2, -0.15) is 0 Å². The van der Waals surface area contributed by atoms with Gasteiger partial charge in [0, 0.05) is 18.7 Å². The lowest BCUT2D eigenvalue weighted by molar-refractivity contribution is 0.102. The molecule has 1 saturated heterocycles. The van der Waals surface area contributed by atoms with E-state index in [9.17, 15) is 4.79 Å². The molecule has 0 unspecified atom stereocenters. The van der Waals surface area contributed by atoms with E-state index < -0.39 is 0 Å². The number of carbonyl (C=O) groups excluding carboxylic acids is 1. The SMILES string of the molecule is CCOc1ccc(C(=O)Nc2cnc(N3CCCCC3)nc2)cc1. The standard InChI is InChI=1S/C18H22N4O2/c1-2-24-16-8-6-14(7-9-16)17(23)21-15-12-19-18(20-13-15)22-10-4-3-5-11-22/h6-9,12-13H,2-5,10-11H2,1H3,(H,21,23). The van der Waals surface area contributed by atoms with Crippen molar-refractivity contribution in [3.8, 4) is 5.75 Å². The summed E-state index contributed by atoms with van der Waals surface area (Å²) in [5.41, 5.74) is 1.16. The molecule has 1 aromatic heterocycles. The van der Waals surface area contributed by atoms with Crippen molar-refractivity contribution in [2.24, 2.45) is 0 Å². The summed E-state index contributed by atoms with van der Waals surface area (Å²) in [5, 5.41) is 2.82. The molecule has 0 radical (unpaired) electrons. The summed E-state index contributed by atoms with van der Waals surface area (Å²) in [7, 11) is 0. The Labute approximate surface area is 141 Å². The fraction of sp³-hybridized carbons (Fsp3) is 0.389. The number of nitrogens with one attached hydrogen (secondary N) is 1. The number of carbonyl (C=O) groups is 1. The summed E-state index contributed by atoms with van der Waals surface area (Å²) in [6.45, 7) is 4.52. The molecule has 126 valence electrons. The molecule has 6 heteroatoms. The third kappa shape index (κ3) is 4.01. The Bertz CT molecular complexity index is 664. The van der Waals surface area contributed by atoms with Gasteiger partial charge in [0.25, 0.3) is 5.91 Å². The van der Waals surface area contributed by atoms with Crippen LogP contribution in [0.4, 0.5) is 11.6 Å². The van der Waals surface area contributed by atoms with Crippen molar-refractivity contribution < 1.29 is 9.53 Å². The second kappa shape index (κ2) is 7.77. The number of hydrogen-bond acceptors (Lipinski definition) is 5. The lowest BCUT2D eigenvalue weighted by atomic mass is 10.1. The molecule has 1 amide bonds. The van der Waals surface area contributed by atoms with Crippen LogP contribution in [0, 0.1) is 0 Å². The van der Waals surface area contributed by atoms with E-state index in [0.29, 0.717) is 17.9 Å². The van der Waals surface area contributed by atoms with Crippen LogP contribution in [0.1, 0.15) is 36.5 Å². The fourth-order valence-corrected chi connectivity index (χ4v) is 2.72. The van der Waals surface area contributed by atoms with Crippen LogP contribution < -0.4 is 15.0 Å². The minimum absolute atomic E-state index is 0.188. The molecule has 1 fully saturated rings. The summed E-state index contributed by atoms with van der Waals surface area (Å²) in [5.74, 6) is 1.30. The first kappa shape index (κ1) is 16.2. The lowest BCUT2D eigenvalue weighted by Gasteiger charge is -2.26. The number of anilines is 2. The van der Waals surface area contributed by atoms with Crippen LogP contribution in [0.25, 0.3) is 0 Å². The molecule has 0 saturated carbocycles. The van der Waals surface area contributed by atoms with E-state index in [1.54, 1.807) is 36.7 Å². The van der Waals surface area contributed by atoms with Crippen LogP contribution in [0.2, 0.25) is 0 Å². The molecular weight excluding hydrogens is 304 g/mol. The Morgan fingerprint density at radius 2 is 1.79 bits per heavy atom. The second-order valence-electron chi connectivity index (χ2n) is 5.73. The van der Waals surface area contributed by atoms with Gasteiger partial charge in [-0.25, -0.2) is 9.97 Å². The highest BCUT2D eigenvalue weighted by Gasteiger charge is 2.13. The Morgan fingerprint density at radius 1 is 1.12 bits per heavy atom. The molecule has 1 aliphatic rings. The molecule has 2 aromatic rings. The first-order chi connectivity index (χ1) is 11.8. The molecule has 1 aliphatic heterocycles. The zero-order valence-electron chi connectivity index (χ0n) is 13.9. The molecular formula is C18H22N4O2. The van der Waals surface area contributed by atoms with Crippen molar-refractivity contribution in [1.82, 2.24) is 9.97 Å². The zero-order chi connectivity index (χ0) is 16.8. The van der Waals surface area contributed by atoms with Crippen LogP contribution in [0.15, 0.2) is 36.7 Å². The van der Waals surface area contributed by atoms with E-state index >= 15 is 0 Å². The summed E-state index contributed by atoms with van der Waals surface area (Å²) in [6, 6.07) is 7.05. The summed E-state index contributed by atoms with van der Waals surface area (Å²) in [4.78, 5) is 23.2. The van der Waals surface area contributed by atoms with Gasteiger partial charge in [-0.15, -0.1) is 0 Å². The first-order valence-electron chi connectivity index (χ1n) is 8.37. The molecule has 1 N–H and O–H groups in total. The van der Waals surface area contributed by atoms with Crippen LogP contribution in [0.3, 0.4) is 0 Å². The van der Waals surface area contributed by atoms with Crippen molar-refractivity contribution in [3.05, 3.63) is 42.2 Å². The fourth-order valence-electron chi connectivity index (χ4n) is 2.72. The van der Waals surface area contributed by atoms with E-state index in [-0.39, 0.29) is 5.91 Å². The van der Waals surface area contributed by atoms with Gasteiger partial charge in [0.2, 0.25) is 5.95 Å². The van der Waals surface area contributed by atoms with E-state index in [2.05, 4.69) is 20.2 Å². The predicted molar refractivity (Wildman–Crippen MR) is 93.7 cm³/mol. The first-order valence-corrected chi connectivity index (χ1v) is 8.37. The largest absolute Gasteiger partial charge is 0.494 e. The maximum absolute atomic E-state index is 12.3. The average molecular weight is 326 g/mol. The summed E-state index contributed by atoms with van der Waals surface area (Å²) < 4.78 is 5.37. The predicted octanol–water partition coefficient (Wildman–Crippen LogP) is 3.12. The van der Waals surface area contributed by atoms with Crippen molar-refractivity contribution in [2.45, 2.75) is 26.2 Å².